The van der Waals surface area contributed by atoms with Crippen LogP contribution in [0.3, 0.4) is 0 Å². The number of hydrogen-bond donors (Lipinski definition) is 1. The zero-order chi connectivity index (χ0) is 11.1. The SMILES string of the molecule is CC1(C)CC(N2CCC2C(=O)O)CCO1. The number of hydrogen-bond acceptors (Lipinski definition) is 3. The van der Waals surface area contributed by atoms with E-state index in [2.05, 4.69) is 18.7 Å². The molecule has 0 amide bonds. The van der Waals surface area contributed by atoms with E-state index in [1.807, 2.05) is 0 Å². The maximum absolute atomic E-state index is 10.9. The molecule has 0 aliphatic carbocycles. The first-order chi connectivity index (χ1) is 6.99. The largest absolute Gasteiger partial charge is 0.480 e. The molecule has 86 valence electrons. The number of rotatable bonds is 2. The highest BCUT2D eigenvalue weighted by Gasteiger charge is 2.42. The van der Waals surface area contributed by atoms with Crippen LogP contribution >= 0.6 is 0 Å². The summed E-state index contributed by atoms with van der Waals surface area (Å²) in [5, 5.41) is 8.99. The van der Waals surface area contributed by atoms with Crippen LogP contribution in [0.2, 0.25) is 0 Å². The van der Waals surface area contributed by atoms with Gasteiger partial charge in [0.15, 0.2) is 0 Å². The summed E-state index contributed by atoms with van der Waals surface area (Å²) >= 11 is 0. The Labute approximate surface area is 90.2 Å². The van der Waals surface area contributed by atoms with Gasteiger partial charge in [0, 0.05) is 19.2 Å². The fourth-order valence-corrected chi connectivity index (χ4v) is 2.59. The number of carboxylic acids is 1. The van der Waals surface area contributed by atoms with E-state index in [1.165, 1.54) is 0 Å². The lowest BCUT2D eigenvalue weighted by Gasteiger charge is -2.48. The molecule has 1 N–H and O–H groups in total. The van der Waals surface area contributed by atoms with E-state index in [1.54, 1.807) is 0 Å². The molecule has 2 aliphatic heterocycles. The highest BCUT2D eigenvalue weighted by Crippen LogP contribution is 2.32. The molecule has 2 aliphatic rings. The Morgan fingerprint density at radius 3 is 2.67 bits per heavy atom. The summed E-state index contributed by atoms with van der Waals surface area (Å²) in [5.74, 6) is -0.675. The van der Waals surface area contributed by atoms with E-state index >= 15 is 0 Å². The van der Waals surface area contributed by atoms with Crippen LogP contribution in [-0.2, 0) is 9.53 Å². The fraction of sp³-hybridized carbons (Fsp3) is 0.909. The number of ether oxygens (including phenoxy) is 1. The summed E-state index contributed by atoms with van der Waals surface area (Å²) in [7, 11) is 0. The van der Waals surface area contributed by atoms with Crippen LogP contribution in [0.5, 0.6) is 0 Å². The average molecular weight is 213 g/mol. The van der Waals surface area contributed by atoms with Crippen LogP contribution in [-0.4, -0.2) is 46.8 Å². The first-order valence-electron chi connectivity index (χ1n) is 5.62. The molecule has 2 rings (SSSR count). The minimum absolute atomic E-state index is 0.0957. The summed E-state index contributed by atoms with van der Waals surface area (Å²) < 4.78 is 5.64. The fourth-order valence-electron chi connectivity index (χ4n) is 2.59. The van der Waals surface area contributed by atoms with E-state index in [-0.39, 0.29) is 11.6 Å². The topological polar surface area (TPSA) is 49.8 Å². The molecular weight excluding hydrogens is 194 g/mol. The predicted molar refractivity (Wildman–Crippen MR) is 55.8 cm³/mol. The van der Waals surface area contributed by atoms with Gasteiger partial charge in [0.25, 0.3) is 0 Å². The molecule has 0 aromatic rings. The maximum Gasteiger partial charge on any atom is 0.320 e. The molecule has 0 saturated carbocycles. The summed E-state index contributed by atoms with van der Waals surface area (Å²) in [5.41, 5.74) is -0.0957. The molecule has 2 fully saturated rings. The quantitative estimate of drug-likeness (QED) is 0.746. The molecule has 0 bridgehead atoms. The van der Waals surface area contributed by atoms with Gasteiger partial charge in [-0.2, -0.15) is 0 Å². The zero-order valence-electron chi connectivity index (χ0n) is 9.40. The van der Waals surface area contributed by atoms with Crippen LogP contribution in [0.15, 0.2) is 0 Å². The van der Waals surface area contributed by atoms with Crippen molar-refractivity contribution in [3.05, 3.63) is 0 Å². The minimum atomic E-state index is -0.675. The minimum Gasteiger partial charge on any atom is -0.480 e. The number of nitrogens with zero attached hydrogens (tertiary/aromatic N) is 1. The third kappa shape index (κ3) is 2.16. The zero-order valence-corrected chi connectivity index (χ0v) is 9.40. The highest BCUT2D eigenvalue weighted by molar-refractivity contribution is 5.74. The molecule has 0 aromatic carbocycles. The van der Waals surface area contributed by atoms with E-state index in [4.69, 9.17) is 9.84 Å². The van der Waals surface area contributed by atoms with Gasteiger partial charge in [-0.25, -0.2) is 0 Å². The molecule has 2 unspecified atom stereocenters. The second-order valence-electron chi connectivity index (χ2n) is 5.14. The molecule has 15 heavy (non-hydrogen) atoms. The van der Waals surface area contributed by atoms with Gasteiger partial charge in [-0.3, -0.25) is 9.69 Å². The molecule has 0 aromatic heterocycles. The summed E-state index contributed by atoms with van der Waals surface area (Å²) in [6, 6.07) is 0.146. The van der Waals surface area contributed by atoms with Crippen molar-refractivity contribution in [3.8, 4) is 0 Å². The number of likely N-dealkylation sites (tertiary alicyclic amines) is 1. The van der Waals surface area contributed by atoms with Crippen molar-refractivity contribution >= 4 is 5.97 Å². The molecular formula is C11H19NO3. The first-order valence-corrected chi connectivity index (χ1v) is 5.62. The molecule has 2 atom stereocenters. The molecule has 2 heterocycles. The average Bonchev–Trinajstić information content (AvgIpc) is 1.97. The van der Waals surface area contributed by atoms with Gasteiger partial charge in [-0.15, -0.1) is 0 Å². The van der Waals surface area contributed by atoms with Crippen LogP contribution < -0.4 is 0 Å². The third-order valence-electron chi connectivity index (χ3n) is 3.49. The monoisotopic (exact) mass is 213 g/mol. The van der Waals surface area contributed by atoms with Crippen LogP contribution in [0.1, 0.15) is 33.1 Å². The van der Waals surface area contributed by atoms with Gasteiger partial charge < -0.3 is 9.84 Å². The van der Waals surface area contributed by atoms with E-state index in [0.29, 0.717) is 6.04 Å². The van der Waals surface area contributed by atoms with E-state index in [0.717, 1.165) is 32.4 Å². The lowest BCUT2D eigenvalue weighted by molar-refractivity contribution is -0.156. The molecule has 2 saturated heterocycles. The molecule has 0 spiro atoms. The third-order valence-corrected chi connectivity index (χ3v) is 3.49. The Kier molecular flexibility index (Phi) is 2.73. The van der Waals surface area contributed by atoms with E-state index < -0.39 is 5.97 Å². The summed E-state index contributed by atoms with van der Waals surface area (Å²) in [6.07, 6.45) is 2.71. The van der Waals surface area contributed by atoms with Crippen LogP contribution in [0.4, 0.5) is 0 Å². The lowest BCUT2D eigenvalue weighted by Crippen LogP contribution is -2.59. The Morgan fingerprint density at radius 1 is 1.47 bits per heavy atom. The predicted octanol–water partition coefficient (Wildman–Crippen LogP) is 1.10. The smallest absolute Gasteiger partial charge is 0.320 e. The molecule has 4 nitrogen and oxygen atoms in total. The normalized spacial score (nSPS) is 35.9. The van der Waals surface area contributed by atoms with Crippen LogP contribution in [0.25, 0.3) is 0 Å². The van der Waals surface area contributed by atoms with Crippen molar-refractivity contribution in [3.63, 3.8) is 0 Å². The Balaban J connectivity index is 1.96. The number of carbonyl (C=O) groups is 1. The van der Waals surface area contributed by atoms with Gasteiger partial charge in [0.2, 0.25) is 0 Å². The number of carboxylic acid groups (broad SMARTS) is 1. The van der Waals surface area contributed by atoms with Crippen molar-refractivity contribution in [2.45, 2.75) is 50.8 Å². The number of aliphatic carboxylic acids is 1. The highest BCUT2D eigenvalue weighted by atomic mass is 16.5. The second-order valence-corrected chi connectivity index (χ2v) is 5.14. The molecule has 4 heteroatoms. The summed E-state index contributed by atoms with van der Waals surface area (Å²) in [6.45, 7) is 5.83. The Hall–Kier alpha value is -0.610. The van der Waals surface area contributed by atoms with Gasteiger partial charge in [0.1, 0.15) is 6.04 Å². The van der Waals surface area contributed by atoms with Crippen molar-refractivity contribution < 1.29 is 14.6 Å². The molecule has 0 radical (unpaired) electrons. The van der Waals surface area contributed by atoms with Gasteiger partial charge in [-0.05, 0) is 33.1 Å². The maximum atomic E-state index is 10.9. The van der Waals surface area contributed by atoms with Crippen molar-refractivity contribution in [2.24, 2.45) is 0 Å². The van der Waals surface area contributed by atoms with Crippen molar-refractivity contribution in [2.75, 3.05) is 13.2 Å². The Morgan fingerprint density at radius 2 is 2.20 bits per heavy atom. The first kappa shape index (κ1) is 10.9. The van der Waals surface area contributed by atoms with E-state index in [9.17, 15) is 4.79 Å². The van der Waals surface area contributed by atoms with Gasteiger partial charge >= 0.3 is 5.97 Å². The Bertz CT molecular complexity index is 265. The lowest BCUT2D eigenvalue weighted by atomic mass is 9.88. The van der Waals surface area contributed by atoms with Crippen molar-refractivity contribution in [1.82, 2.24) is 4.90 Å². The van der Waals surface area contributed by atoms with Gasteiger partial charge in [-0.1, -0.05) is 0 Å². The second kappa shape index (κ2) is 3.76. The van der Waals surface area contributed by atoms with Crippen molar-refractivity contribution in [1.29, 1.82) is 0 Å². The standard InChI is InChI=1S/C11H19NO3/c1-11(2)7-8(4-6-15-11)12-5-3-9(12)10(13)14/h8-9H,3-7H2,1-2H3,(H,13,14). The van der Waals surface area contributed by atoms with Crippen LogP contribution in [0, 0.1) is 0 Å². The summed E-state index contributed by atoms with van der Waals surface area (Å²) in [4.78, 5) is 13.0. The van der Waals surface area contributed by atoms with Gasteiger partial charge in [0.05, 0.1) is 5.60 Å².